The van der Waals surface area contributed by atoms with Crippen molar-refractivity contribution >= 4 is 33.2 Å². The smallest absolute Gasteiger partial charge is 0.169 e. The number of rotatable bonds is 4. The Morgan fingerprint density at radius 1 is 1.30 bits per heavy atom. The van der Waals surface area contributed by atoms with Crippen LogP contribution in [0.4, 0.5) is 5.69 Å². The van der Waals surface area contributed by atoms with E-state index in [1.807, 2.05) is 30.3 Å². The molecule has 0 aliphatic heterocycles. The summed E-state index contributed by atoms with van der Waals surface area (Å²) < 4.78 is 7.79. The number of furan rings is 1. The van der Waals surface area contributed by atoms with E-state index < -0.39 is 0 Å². The summed E-state index contributed by atoms with van der Waals surface area (Å²) in [5, 5.41) is 8.00. The molecule has 5 nitrogen and oxygen atoms in total. The van der Waals surface area contributed by atoms with Crippen molar-refractivity contribution in [1.82, 2.24) is 14.8 Å². The fraction of sp³-hybridized carbons (Fsp3) is 0.0769. The first kappa shape index (κ1) is 13.2. The molecule has 1 aromatic carbocycles. The van der Waals surface area contributed by atoms with Crippen molar-refractivity contribution in [2.24, 2.45) is 0 Å². The molecule has 2 aromatic heterocycles. The standard InChI is InChI=1S/C13H10BrClN4O/c14-12-5-4-9(20-12)6-17-11-3-1-2-10(15)13(11)19-8-16-7-18-19/h1-5,7-8,17H,6H2. The molecule has 0 bridgehead atoms. The van der Waals surface area contributed by atoms with E-state index in [9.17, 15) is 0 Å². The van der Waals surface area contributed by atoms with Crippen LogP contribution in [0.5, 0.6) is 0 Å². The summed E-state index contributed by atoms with van der Waals surface area (Å²) in [6.07, 6.45) is 3.08. The Labute approximate surface area is 128 Å². The lowest BCUT2D eigenvalue weighted by atomic mass is 10.2. The van der Waals surface area contributed by atoms with Gasteiger partial charge in [0.25, 0.3) is 0 Å². The maximum atomic E-state index is 6.25. The third kappa shape index (κ3) is 2.71. The quantitative estimate of drug-likeness (QED) is 0.773. The Bertz CT molecular complexity index is 711. The molecule has 0 radical (unpaired) electrons. The molecule has 0 aliphatic rings. The van der Waals surface area contributed by atoms with Crippen LogP contribution in [0.2, 0.25) is 5.02 Å². The van der Waals surface area contributed by atoms with Gasteiger partial charge in [-0.2, -0.15) is 5.10 Å². The lowest BCUT2D eigenvalue weighted by Gasteiger charge is -2.12. The monoisotopic (exact) mass is 352 g/mol. The molecule has 0 fully saturated rings. The summed E-state index contributed by atoms with van der Waals surface area (Å²) in [6.45, 7) is 0.549. The molecule has 3 rings (SSSR count). The van der Waals surface area contributed by atoms with Gasteiger partial charge in [0, 0.05) is 0 Å². The number of aromatic nitrogens is 3. The van der Waals surface area contributed by atoms with Crippen LogP contribution in [0.25, 0.3) is 5.69 Å². The van der Waals surface area contributed by atoms with Crippen molar-refractivity contribution in [3.63, 3.8) is 0 Å². The van der Waals surface area contributed by atoms with E-state index in [0.29, 0.717) is 16.2 Å². The van der Waals surface area contributed by atoms with Crippen LogP contribution >= 0.6 is 27.5 Å². The molecule has 0 aliphatic carbocycles. The lowest BCUT2D eigenvalue weighted by molar-refractivity contribution is 0.495. The highest BCUT2D eigenvalue weighted by atomic mass is 79.9. The zero-order valence-corrected chi connectivity index (χ0v) is 12.6. The predicted molar refractivity (Wildman–Crippen MR) is 80.1 cm³/mol. The predicted octanol–water partition coefficient (Wildman–Crippen LogP) is 3.89. The average Bonchev–Trinajstić information content (AvgIpc) is 3.08. The first-order valence-corrected chi connectivity index (χ1v) is 7.03. The van der Waals surface area contributed by atoms with Gasteiger partial charge < -0.3 is 9.73 Å². The fourth-order valence-corrected chi connectivity index (χ4v) is 2.44. The third-order valence-electron chi connectivity index (χ3n) is 2.72. The molecule has 0 spiro atoms. The molecule has 1 N–H and O–H groups in total. The highest BCUT2D eigenvalue weighted by molar-refractivity contribution is 9.10. The van der Waals surface area contributed by atoms with Gasteiger partial charge in [0.15, 0.2) is 4.67 Å². The maximum Gasteiger partial charge on any atom is 0.169 e. The minimum absolute atomic E-state index is 0.549. The summed E-state index contributed by atoms with van der Waals surface area (Å²) in [6, 6.07) is 9.38. The summed E-state index contributed by atoms with van der Waals surface area (Å²) >= 11 is 9.53. The van der Waals surface area contributed by atoms with E-state index in [-0.39, 0.29) is 0 Å². The molecule has 0 amide bonds. The summed E-state index contributed by atoms with van der Waals surface area (Å²) in [7, 11) is 0. The number of hydrogen-bond acceptors (Lipinski definition) is 4. The van der Waals surface area contributed by atoms with E-state index >= 15 is 0 Å². The Morgan fingerprint density at radius 2 is 2.20 bits per heavy atom. The molecule has 0 unspecified atom stereocenters. The zero-order chi connectivity index (χ0) is 13.9. The van der Waals surface area contributed by atoms with Crippen LogP contribution in [0.3, 0.4) is 0 Å². The van der Waals surface area contributed by atoms with Crippen molar-refractivity contribution in [2.75, 3.05) is 5.32 Å². The normalized spacial score (nSPS) is 10.7. The van der Waals surface area contributed by atoms with Gasteiger partial charge in [-0.25, -0.2) is 9.67 Å². The van der Waals surface area contributed by atoms with Crippen molar-refractivity contribution < 1.29 is 4.42 Å². The largest absolute Gasteiger partial charge is 0.452 e. The number of nitrogens with one attached hydrogen (secondary N) is 1. The Hall–Kier alpha value is -1.79. The van der Waals surface area contributed by atoms with Crippen molar-refractivity contribution in [3.8, 4) is 5.69 Å². The summed E-state index contributed by atoms with van der Waals surface area (Å²) in [5.74, 6) is 0.821. The topological polar surface area (TPSA) is 55.9 Å². The second-order valence-electron chi connectivity index (χ2n) is 4.04. The van der Waals surface area contributed by atoms with E-state index in [1.165, 1.54) is 6.33 Å². The fourth-order valence-electron chi connectivity index (χ4n) is 1.84. The second kappa shape index (κ2) is 5.68. The van der Waals surface area contributed by atoms with Crippen molar-refractivity contribution in [2.45, 2.75) is 6.54 Å². The number of nitrogens with zero attached hydrogens (tertiary/aromatic N) is 3. The van der Waals surface area contributed by atoms with Crippen molar-refractivity contribution in [3.05, 3.63) is 58.4 Å². The van der Waals surface area contributed by atoms with E-state index in [1.54, 1.807) is 11.0 Å². The van der Waals surface area contributed by atoms with E-state index in [2.05, 4.69) is 31.3 Å². The van der Waals surface area contributed by atoms with Gasteiger partial charge in [0.05, 0.1) is 17.3 Å². The van der Waals surface area contributed by atoms with Gasteiger partial charge in [-0.05, 0) is 40.2 Å². The van der Waals surface area contributed by atoms with E-state index in [0.717, 1.165) is 17.1 Å². The van der Waals surface area contributed by atoms with Gasteiger partial charge in [0.1, 0.15) is 24.1 Å². The SMILES string of the molecule is Clc1cccc(NCc2ccc(Br)o2)c1-n1cncn1. The molecule has 2 heterocycles. The maximum absolute atomic E-state index is 6.25. The number of benzene rings is 1. The van der Waals surface area contributed by atoms with Crippen LogP contribution < -0.4 is 5.32 Å². The number of para-hydroxylation sites is 1. The molecule has 0 saturated heterocycles. The first-order valence-electron chi connectivity index (χ1n) is 5.85. The Balaban J connectivity index is 1.88. The molecule has 3 aromatic rings. The van der Waals surface area contributed by atoms with Gasteiger partial charge >= 0.3 is 0 Å². The van der Waals surface area contributed by atoms with Gasteiger partial charge in [-0.1, -0.05) is 17.7 Å². The van der Waals surface area contributed by atoms with Gasteiger partial charge in [-0.3, -0.25) is 0 Å². The molecule has 0 saturated carbocycles. The minimum Gasteiger partial charge on any atom is -0.452 e. The Morgan fingerprint density at radius 3 is 2.90 bits per heavy atom. The molecular weight excluding hydrogens is 344 g/mol. The number of hydrogen-bond donors (Lipinski definition) is 1. The zero-order valence-electron chi connectivity index (χ0n) is 10.3. The molecule has 20 heavy (non-hydrogen) atoms. The van der Waals surface area contributed by atoms with Crippen LogP contribution in [-0.2, 0) is 6.54 Å². The molecular formula is C13H10BrClN4O. The van der Waals surface area contributed by atoms with Gasteiger partial charge in [-0.15, -0.1) is 0 Å². The van der Waals surface area contributed by atoms with Crippen LogP contribution in [-0.4, -0.2) is 14.8 Å². The van der Waals surface area contributed by atoms with Crippen LogP contribution in [0, 0.1) is 0 Å². The first-order chi connectivity index (χ1) is 9.74. The lowest BCUT2D eigenvalue weighted by Crippen LogP contribution is -2.05. The van der Waals surface area contributed by atoms with Crippen LogP contribution in [0.15, 0.2) is 52.1 Å². The number of anilines is 1. The second-order valence-corrected chi connectivity index (χ2v) is 5.22. The third-order valence-corrected chi connectivity index (χ3v) is 3.45. The Kier molecular flexibility index (Phi) is 3.75. The highest BCUT2D eigenvalue weighted by Gasteiger charge is 2.10. The van der Waals surface area contributed by atoms with Gasteiger partial charge in [0.2, 0.25) is 0 Å². The molecule has 7 heteroatoms. The average molecular weight is 354 g/mol. The van der Waals surface area contributed by atoms with Crippen molar-refractivity contribution in [1.29, 1.82) is 0 Å². The number of halogens is 2. The van der Waals surface area contributed by atoms with E-state index in [4.69, 9.17) is 16.0 Å². The summed E-state index contributed by atoms with van der Waals surface area (Å²) in [5.41, 5.74) is 1.62. The van der Waals surface area contributed by atoms with Crippen LogP contribution in [0.1, 0.15) is 5.76 Å². The molecule has 102 valence electrons. The highest BCUT2D eigenvalue weighted by Crippen LogP contribution is 2.28. The minimum atomic E-state index is 0.549. The summed E-state index contributed by atoms with van der Waals surface area (Å²) in [4.78, 5) is 3.94. The molecule has 0 atom stereocenters.